The molecule has 6 heteroatoms. The van der Waals surface area contributed by atoms with Crippen LogP contribution in [0.5, 0.6) is 11.5 Å². The van der Waals surface area contributed by atoms with Crippen LogP contribution < -0.4 is 9.47 Å². The van der Waals surface area contributed by atoms with E-state index in [1.807, 2.05) is 36.4 Å². The molecule has 6 fully saturated rings. The predicted octanol–water partition coefficient (Wildman–Crippen LogP) is 6.56. The minimum absolute atomic E-state index is 0.783. The van der Waals surface area contributed by atoms with Crippen molar-refractivity contribution in [2.75, 3.05) is 118 Å². The summed E-state index contributed by atoms with van der Waals surface area (Å²) in [6.45, 7) is 24.1. The maximum Gasteiger partial charge on any atom is 0.129 e. The topological polar surface area (TPSA) is 18.5 Å². The number of piperazine rings is 6. The van der Waals surface area contributed by atoms with E-state index in [-0.39, 0.29) is 0 Å². The summed E-state index contributed by atoms with van der Waals surface area (Å²) in [6, 6.07) is 24.6. The molecule has 4 bridgehead atoms. The van der Waals surface area contributed by atoms with E-state index in [0.717, 1.165) is 59.8 Å². The number of likely N-dealkylation sites (N-methyl/N-ethyl adjacent to an activating group) is 1. The lowest BCUT2D eigenvalue weighted by molar-refractivity contribution is -1.08. The number of rotatable bonds is 15. The van der Waals surface area contributed by atoms with Crippen molar-refractivity contribution < 1.29 is 27.4 Å². The van der Waals surface area contributed by atoms with Gasteiger partial charge in [-0.05, 0) is 85.6 Å². The highest BCUT2D eigenvalue weighted by atomic mass is 16.5. The Morgan fingerprint density at radius 2 is 0.736 bits per heavy atom. The molecule has 0 saturated carbocycles. The Morgan fingerprint density at radius 3 is 1.09 bits per heavy atom. The molecule has 6 heterocycles. The number of quaternary nitrogens is 4. The molecule has 6 saturated heterocycles. The molecule has 6 aliphatic heterocycles. The molecule has 3 aromatic rings. The Labute approximate surface area is 320 Å². The van der Waals surface area contributed by atoms with Gasteiger partial charge in [0, 0.05) is 35.1 Å². The zero-order valence-corrected chi connectivity index (χ0v) is 32.8. The van der Waals surface area contributed by atoms with Crippen LogP contribution >= 0.6 is 0 Å². The van der Waals surface area contributed by atoms with Gasteiger partial charge in [-0.25, -0.2) is 0 Å². The van der Waals surface area contributed by atoms with Gasteiger partial charge in [0.15, 0.2) is 0 Å². The van der Waals surface area contributed by atoms with Crippen LogP contribution in [-0.2, 0) is 0 Å². The lowest BCUT2D eigenvalue weighted by atomic mass is 10.0. The number of benzene rings is 3. The largest absolute Gasteiger partial charge is 0.493 e. The van der Waals surface area contributed by atoms with Crippen molar-refractivity contribution in [1.29, 1.82) is 0 Å². The molecule has 9 rings (SSSR count). The van der Waals surface area contributed by atoms with E-state index >= 15 is 0 Å². The summed E-state index contributed by atoms with van der Waals surface area (Å²) in [5.41, 5.74) is 3.95. The predicted molar refractivity (Wildman–Crippen MR) is 216 cm³/mol. The Morgan fingerprint density at radius 1 is 0.415 bits per heavy atom. The summed E-state index contributed by atoms with van der Waals surface area (Å²) in [5.74, 6) is 15.1. The van der Waals surface area contributed by atoms with Crippen molar-refractivity contribution in [3.05, 3.63) is 95.1 Å². The van der Waals surface area contributed by atoms with Crippen molar-refractivity contribution in [3.63, 3.8) is 0 Å². The van der Waals surface area contributed by atoms with Gasteiger partial charge >= 0.3 is 0 Å². The molecule has 6 nitrogen and oxygen atoms in total. The lowest BCUT2D eigenvalue weighted by Gasteiger charge is -2.55. The van der Waals surface area contributed by atoms with Gasteiger partial charge in [-0.3, -0.25) is 0 Å². The minimum atomic E-state index is 0.783. The molecule has 0 N–H and O–H groups in total. The van der Waals surface area contributed by atoms with Gasteiger partial charge < -0.3 is 27.4 Å². The molecule has 3 aromatic carbocycles. The summed E-state index contributed by atoms with van der Waals surface area (Å²) >= 11 is 0. The van der Waals surface area contributed by atoms with Crippen LogP contribution in [0.2, 0.25) is 0 Å². The molecular formula is C47H64N4O2+4. The zero-order chi connectivity index (χ0) is 36.5. The van der Waals surface area contributed by atoms with E-state index in [4.69, 9.17) is 9.47 Å². The summed E-state index contributed by atoms with van der Waals surface area (Å²) in [6.07, 6.45) is 7.81. The average molecular weight is 717 g/mol. The monoisotopic (exact) mass is 717 g/mol. The number of fused-ring (bicyclic) bond motifs is 6. The molecule has 0 atom stereocenters. The molecule has 53 heavy (non-hydrogen) atoms. The second-order valence-electron chi connectivity index (χ2n) is 17.1. The third-order valence-corrected chi connectivity index (χ3v) is 13.4. The second-order valence-corrected chi connectivity index (χ2v) is 17.1. The van der Waals surface area contributed by atoms with Crippen LogP contribution in [-0.4, -0.2) is 136 Å². The SMILES string of the molecule is CCCCCC[N+]12CC[N+](CCCOc3ccc(C#Cc4ccc(C#Cc5ccc(OCCC[N+]67CC[N+](C)(CC6)CC7)cc5)cc4)cc3)(CC1)CC2. The Bertz CT molecular complexity index is 1710. The van der Waals surface area contributed by atoms with Crippen LogP contribution in [0.3, 0.4) is 0 Å². The molecule has 0 spiro atoms. The van der Waals surface area contributed by atoms with E-state index < -0.39 is 0 Å². The molecule has 0 aliphatic carbocycles. The first-order valence-corrected chi connectivity index (χ1v) is 20.8. The molecular weight excluding hydrogens is 653 g/mol. The molecule has 0 aromatic heterocycles. The first-order valence-electron chi connectivity index (χ1n) is 20.8. The van der Waals surface area contributed by atoms with Gasteiger partial charge in [-0.1, -0.05) is 43.4 Å². The summed E-state index contributed by atoms with van der Waals surface area (Å²) < 4.78 is 17.6. The first-order chi connectivity index (χ1) is 25.9. The smallest absolute Gasteiger partial charge is 0.129 e. The number of hydrogen-bond acceptors (Lipinski definition) is 2. The van der Waals surface area contributed by atoms with Gasteiger partial charge in [-0.15, -0.1) is 0 Å². The Balaban J connectivity index is 0.793. The minimum Gasteiger partial charge on any atom is -0.493 e. The van der Waals surface area contributed by atoms with Crippen LogP contribution in [0.4, 0.5) is 0 Å². The van der Waals surface area contributed by atoms with E-state index in [9.17, 15) is 0 Å². The number of hydrogen-bond donors (Lipinski definition) is 0. The van der Waals surface area contributed by atoms with Crippen LogP contribution in [0, 0.1) is 23.7 Å². The standard InChI is InChI=1S/C47H64N4O2/c1-3-4-5-6-25-49-34-37-51(38-35-49,39-36-49)27-8-41-53-47-23-19-45(20-24-47)16-14-43-11-9-42(10-12-43)13-15-44-17-21-46(22-18-44)52-40-7-26-50-31-28-48(2,29-32-50)30-33-50/h9-12,17-24H,3-8,25-41H2,1-2H3/q+4. The Hall–Kier alpha value is -3.78. The summed E-state index contributed by atoms with van der Waals surface area (Å²) in [7, 11) is 2.43. The highest BCUT2D eigenvalue weighted by molar-refractivity contribution is 5.48. The molecule has 0 radical (unpaired) electrons. The van der Waals surface area contributed by atoms with Gasteiger partial charge in [0.05, 0.1) is 39.9 Å². The quantitative estimate of drug-likeness (QED) is 0.101. The third-order valence-electron chi connectivity index (χ3n) is 13.4. The van der Waals surface area contributed by atoms with E-state index in [2.05, 4.69) is 74.1 Å². The second kappa shape index (κ2) is 17.1. The zero-order valence-electron chi connectivity index (χ0n) is 32.8. The van der Waals surface area contributed by atoms with E-state index in [1.165, 1.54) is 142 Å². The third kappa shape index (κ3) is 10.1. The van der Waals surface area contributed by atoms with Gasteiger partial charge in [-0.2, -0.15) is 0 Å². The fourth-order valence-electron chi connectivity index (χ4n) is 9.23. The van der Waals surface area contributed by atoms with E-state index in [0.29, 0.717) is 0 Å². The molecule has 280 valence electrons. The van der Waals surface area contributed by atoms with E-state index in [1.54, 1.807) is 0 Å². The Kier molecular flexibility index (Phi) is 12.1. The van der Waals surface area contributed by atoms with Gasteiger partial charge in [0.2, 0.25) is 0 Å². The summed E-state index contributed by atoms with van der Waals surface area (Å²) in [4.78, 5) is 0. The average Bonchev–Trinajstić information content (AvgIpc) is 3.21. The number of ether oxygens (including phenoxy) is 2. The maximum absolute atomic E-state index is 6.15. The summed E-state index contributed by atoms with van der Waals surface area (Å²) in [5, 5.41) is 0. The van der Waals surface area contributed by atoms with Crippen LogP contribution in [0.1, 0.15) is 67.7 Å². The fraction of sp³-hybridized carbons (Fsp3) is 0.532. The number of nitrogens with zero attached hydrogens (tertiary/aromatic N) is 4. The fourth-order valence-corrected chi connectivity index (χ4v) is 9.23. The van der Waals surface area contributed by atoms with Crippen molar-refractivity contribution in [2.45, 2.75) is 45.4 Å². The first kappa shape index (κ1) is 37.5. The number of unbranched alkanes of at least 4 members (excludes halogenated alkanes) is 3. The van der Waals surface area contributed by atoms with Crippen LogP contribution in [0.15, 0.2) is 72.8 Å². The highest BCUT2D eigenvalue weighted by Gasteiger charge is 2.48. The molecule has 0 unspecified atom stereocenters. The maximum atomic E-state index is 6.15. The van der Waals surface area contributed by atoms with Crippen molar-refractivity contribution in [2.24, 2.45) is 0 Å². The van der Waals surface area contributed by atoms with Gasteiger partial charge in [0.1, 0.15) is 90.0 Å². The van der Waals surface area contributed by atoms with Crippen molar-refractivity contribution in [3.8, 4) is 35.2 Å². The van der Waals surface area contributed by atoms with Crippen molar-refractivity contribution >= 4 is 0 Å². The highest BCUT2D eigenvalue weighted by Crippen LogP contribution is 2.28. The molecule has 6 aliphatic rings. The van der Waals surface area contributed by atoms with Crippen molar-refractivity contribution in [1.82, 2.24) is 0 Å². The lowest BCUT2D eigenvalue weighted by Crippen LogP contribution is -2.75. The molecule has 0 amide bonds. The van der Waals surface area contributed by atoms with Gasteiger partial charge in [0.25, 0.3) is 0 Å². The van der Waals surface area contributed by atoms with Crippen LogP contribution in [0.25, 0.3) is 0 Å². The normalized spacial score (nSPS) is 27.0.